The number of allylic oxidation sites excluding steroid dienone is 2. The molecule has 0 spiro atoms. The third-order valence-electron chi connectivity index (χ3n) is 3.10. The topological polar surface area (TPSA) is 3.24 Å². The highest BCUT2D eigenvalue weighted by atomic mass is 15.2. The van der Waals surface area contributed by atoms with E-state index in [-0.39, 0.29) is 0 Å². The van der Waals surface area contributed by atoms with E-state index in [1.807, 2.05) is 0 Å². The first-order valence-corrected chi connectivity index (χ1v) is 5.05. The van der Waals surface area contributed by atoms with Gasteiger partial charge in [-0.25, -0.2) is 0 Å². The van der Waals surface area contributed by atoms with E-state index in [9.17, 15) is 0 Å². The third kappa shape index (κ3) is 0.955. The quantitative estimate of drug-likeness (QED) is 0.597. The molecule has 0 aliphatic carbocycles. The average Bonchev–Trinajstić information content (AvgIpc) is 2.57. The van der Waals surface area contributed by atoms with Gasteiger partial charge in [-0.15, -0.1) is 0 Å². The lowest BCUT2D eigenvalue weighted by molar-refractivity contribution is 0.336. The largest absolute Gasteiger partial charge is 0.362 e. The Balaban J connectivity index is 2.14. The molecule has 0 fully saturated rings. The summed E-state index contributed by atoms with van der Waals surface area (Å²) in [5.41, 5.74) is 4.39. The van der Waals surface area contributed by atoms with Crippen LogP contribution in [0.4, 0.5) is 0 Å². The number of fused-ring (bicyclic) bond motifs is 3. The third-order valence-corrected chi connectivity index (χ3v) is 3.10. The van der Waals surface area contributed by atoms with Crippen LogP contribution in [0.15, 0.2) is 48.2 Å². The molecule has 1 aromatic rings. The molecule has 1 atom stereocenters. The van der Waals surface area contributed by atoms with E-state index in [1.165, 1.54) is 16.7 Å². The lowest BCUT2D eigenvalue weighted by atomic mass is 9.98. The zero-order chi connectivity index (χ0) is 9.54. The van der Waals surface area contributed by atoms with Crippen molar-refractivity contribution in [3.8, 4) is 0 Å². The molecule has 0 saturated heterocycles. The van der Waals surface area contributed by atoms with Crippen LogP contribution < -0.4 is 0 Å². The maximum atomic E-state index is 2.40. The van der Waals surface area contributed by atoms with Gasteiger partial charge in [0.05, 0.1) is 6.04 Å². The molecule has 1 unspecified atom stereocenters. The van der Waals surface area contributed by atoms with Crippen LogP contribution in [0.3, 0.4) is 0 Å². The Hall–Kier alpha value is -1.50. The van der Waals surface area contributed by atoms with Gasteiger partial charge in [-0.1, -0.05) is 30.3 Å². The van der Waals surface area contributed by atoms with Gasteiger partial charge in [-0.2, -0.15) is 0 Å². The van der Waals surface area contributed by atoms with E-state index >= 15 is 0 Å². The normalized spacial score (nSPS) is 23.1. The lowest BCUT2D eigenvalue weighted by Crippen LogP contribution is -2.18. The van der Waals surface area contributed by atoms with Gasteiger partial charge in [0.2, 0.25) is 0 Å². The van der Waals surface area contributed by atoms with Crippen molar-refractivity contribution in [3.63, 3.8) is 0 Å². The van der Waals surface area contributed by atoms with E-state index in [2.05, 4.69) is 54.4 Å². The van der Waals surface area contributed by atoms with Crippen LogP contribution in [0.5, 0.6) is 0 Å². The minimum Gasteiger partial charge on any atom is -0.362 e. The number of rotatable bonds is 0. The van der Waals surface area contributed by atoms with Crippen LogP contribution in [-0.4, -0.2) is 4.90 Å². The first kappa shape index (κ1) is 7.86. The SMILES string of the molecule is CC1=CC=CN2Cc3ccccc3C12. The molecule has 70 valence electrons. The molecule has 0 amide bonds. The van der Waals surface area contributed by atoms with Crippen molar-refractivity contribution < 1.29 is 0 Å². The zero-order valence-electron chi connectivity index (χ0n) is 8.27. The summed E-state index contributed by atoms with van der Waals surface area (Å²) in [6, 6.07) is 9.23. The molecule has 2 heterocycles. The highest BCUT2D eigenvalue weighted by molar-refractivity contribution is 5.42. The molecular formula is C13H13N. The summed E-state index contributed by atoms with van der Waals surface area (Å²) in [6.07, 6.45) is 6.54. The summed E-state index contributed by atoms with van der Waals surface area (Å²) in [5.74, 6) is 0. The average molecular weight is 183 g/mol. The van der Waals surface area contributed by atoms with Gasteiger partial charge in [0.1, 0.15) is 0 Å². The van der Waals surface area contributed by atoms with Crippen molar-refractivity contribution in [1.82, 2.24) is 4.90 Å². The van der Waals surface area contributed by atoms with Crippen molar-refractivity contribution >= 4 is 0 Å². The van der Waals surface area contributed by atoms with E-state index in [0.717, 1.165) is 6.54 Å². The Bertz CT molecular complexity index is 429. The first-order chi connectivity index (χ1) is 6.86. The highest BCUT2D eigenvalue weighted by Gasteiger charge is 2.29. The lowest BCUT2D eigenvalue weighted by Gasteiger charge is -2.26. The van der Waals surface area contributed by atoms with Crippen LogP contribution in [0.1, 0.15) is 24.1 Å². The van der Waals surface area contributed by atoms with E-state index in [1.54, 1.807) is 0 Å². The van der Waals surface area contributed by atoms with Crippen molar-refractivity contribution in [2.75, 3.05) is 0 Å². The second-order valence-corrected chi connectivity index (χ2v) is 4.03. The van der Waals surface area contributed by atoms with Crippen LogP contribution >= 0.6 is 0 Å². The van der Waals surface area contributed by atoms with Crippen LogP contribution in [0.25, 0.3) is 0 Å². The van der Waals surface area contributed by atoms with E-state index in [0.29, 0.717) is 6.04 Å². The summed E-state index contributed by atoms with van der Waals surface area (Å²) in [6.45, 7) is 3.27. The molecule has 1 aromatic carbocycles. The summed E-state index contributed by atoms with van der Waals surface area (Å²) < 4.78 is 0. The molecule has 2 aliphatic rings. The smallest absolute Gasteiger partial charge is 0.0757 e. The molecular weight excluding hydrogens is 170 g/mol. The Morgan fingerprint density at radius 2 is 2.14 bits per heavy atom. The Kier molecular flexibility index (Phi) is 1.54. The van der Waals surface area contributed by atoms with Crippen LogP contribution in [0.2, 0.25) is 0 Å². The minimum atomic E-state index is 0.496. The molecule has 0 bridgehead atoms. The second-order valence-electron chi connectivity index (χ2n) is 4.03. The van der Waals surface area contributed by atoms with Gasteiger partial charge >= 0.3 is 0 Å². The fraction of sp³-hybridized carbons (Fsp3) is 0.231. The van der Waals surface area contributed by atoms with Gasteiger partial charge in [-0.05, 0) is 29.7 Å². The van der Waals surface area contributed by atoms with Crippen molar-refractivity contribution in [1.29, 1.82) is 0 Å². The molecule has 0 N–H and O–H groups in total. The Morgan fingerprint density at radius 1 is 1.29 bits per heavy atom. The van der Waals surface area contributed by atoms with E-state index in [4.69, 9.17) is 0 Å². The Morgan fingerprint density at radius 3 is 3.07 bits per heavy atom. The highest BCUT2D eigenvalue weighted by Crippen LogP contribution is 2.39. The second kappa shape index (κ2) is 2.74. The van der Waals surface area contributed by atoms with Crippen LogP contribution in [0, 0.1) is 0 Å². The van der Waals surface area contributed by atoms with Crippen molar-refractivity contribution in [2.24, 2.45) is 0 Å². The molecule has 0 radical (unpaired) electrons. The zero-order valence-corrected chi connectivity index (χ0v) is 8.27. The van der Waals surface area contributed by atoms with Gasteiger partial charge < -0.3 is 4.90 Å². The van der Waals surface area contributed by atoms with Gasteiger partial charge in [0, 0.05) is 12.7 Å². The molecule has 1 heteroatoms. The van der Waals surface area contributed by atoms with Crippen LogP contribution in [-0.2, 0) is 6.54 Å². The predicted octanol–water partition coefficient (Wildman–Crippen LogP) is 3.02. The molecule has 0 saturated carbocycles. The van der Waals surface area contributed by atoms with Gasteiger partial charge in [-0.3, -0.25) is 0 Å². The maximum Gasteiger partial charge on any atom is 0.0757 e. The molecule has 14 heavy (non-hydrogen) atoms. The van der Waals surface area contributed by atoms with Gasteiger partial charge in [0.25, 0.3) is 0 Å². The fourth-order valence-corrected chi connectivity index (χ4v) is 2.45. The fourth-order valence-electron chi connectivity index (χ4n) is 2.45. The summed E-state index contributed by atoms with van der Waals surface area (Å²) in [7, 11) is 0. The molecule has 1 nitrogen and oxygen atoms in total. The monoisotopic (exact) mass is 183 g/mol. The first-order valence-electron chi connectivity index (χ1n) is 5.05. The molecule has 3 rings (SSSR count). The maximum absolute atomic E-state index is 2.40. The van der Waals surface area contributed by atoms with Crippen molar-refractivity contribution in [2.45, 2.75) is 19.5 Å². The standard InChI is InChI=1S/C13H13N/c1-10-5-4-8-14-9-11-6-2-3-7-12(11)13(10)14/h2-8,13H,9H2,1H3. The number of nitrogens with zero attached hydrogens (tertiary/aromatic N) is 1. The Labute approximate surface area is 84.4 Å². The summed E-state index contributed by atoms with van der Waals surface area (Å²) >= 11 is 0. The number of benzene rings is 1. The molecule has 0 aromatic heterocycles. The summed E-state index contributed by atoms with van der Waals surface area (Å²) in [5, 5.41) is 0. The van der Waals surface area contributed by atoms with Crippen molar-refractivity contribution in [3.05, 3.63) is 59.3 Å². The van der Waals surface area contributed by atoms with Gasteiger partial charge in [0.15, 0.2) is 0 Å². The minimum absolute atomic E-state index is 0.496. The van der Waals surface area contributed by atoms with E-state index < -0.39 is 0 Å². The number of hydrogen-bond donors (Lipinski definition) is 0. The summed E-state index contributed by atoms with van der Waals surface area (Å²) in [4.78, 5) is 2.40. The molecule has 2 aliphatic heterocycles. The predicted molar refractivity (Wildman–Crippen MR) is 57.6 cm³/mol. The number of hydrogen-bond acceptors (Lipinski definition) is 1.